The third kappa shape index (κ3) is 7.21. The van der Waals surface area contributed by atoms with Gasteiger partial charge in [-0.3, -0.25) is 14.8 Å². The van der Waals surface area contributed by atoms with E-state index in [1.807, 2.05) is 48.4 Å². The normalized spacial score (nSPS) is 16.1. The smallest absolute Gasteiger partial charge is 0.433 e. The van der Waals surface area contributed by atoms with E-state index in [0.29, 0.717) is 47.9 Å². The number of fused-ring (bicyclic) bond motifs is 3. The fourth-order valence-corrected chi connectivity index (χ4v) is 7.41. The lowest BCUT2D eigenvalue weighted by atomic mass is 10.0. The standard InChI is InChI=1S/C42H35F3N8O4/c1-24-17-31-27(20-46)5-6-28(39(31)57-24)23-56-38-4-2-3-33(49-38)25-11-14-52(15-12-25)22-37-48-35-19-29(8-10-36(35)53(37)21-30-13-16-55-30)47-41(54)26-7-9-34-32(18-26)40(51-50-34)42(43,44)45/h2-11,17-19,30H,12-16,21-23H2,1H3,(H,47,54)(H,50,51)/t30-/m0/s1. The highest BCUT2D eigenvalue weighted by Gasteiger charge is 2.35. The average Bonchev–Trinajstić information content (AvgIpc) is 3.90. The number of imidazole rings is 1. The molecule has 2 N–H and O–H groups in total. The van der Waals surface area contributed by atoms with E-state index >= 15 is 0 Å². The van der Waals surface area contributed by atoms with Gasteiger partial charge in [0.25, 0.3) is 5.91 Å². The maximum Gasteiger partial charge on any atom is 0.433 e. The molecule has 0 bridgehead atoms. The minimum absolute atomic E-state index is 0.0729. The van der Waals surface area contributed by atoms with Crippen molar-refractivity contribution >= 4 is 50.1 Å². The molecule has 0 radical (unpaired) electrons. The highest BCUT2D eigenvalue weighted by atomic mass is 19.4. The average molecular weight is 773 g/mol. The van der Waals surface area contributed by atoms with Crippen LogP contribution in [0.5, 0.6) is 5.88 Å². The predicted octanol–water partition coefficient (Wildman–Crippen LogP) is 8.16. The van der Waals surface area contributed by atoms with E-state index < -0.39 is 17.8 Å². The van der Waals surface area contributed by atoms with Gasteiger partial charge >= 0.3 is 6.18 Å². The zero-order chi connectivity index (χ0) is 39.3. The number of aromatic amines is 1. The van der Waals surface area contributed by atoms with Crippen molar-refractivity contribution in [1.29, 1.82) is 5.26 Å². The van der Waals surface area contributed by atoms with Crippen molar-refractivity contribution in [3.05, 3.63) is 119 Å². The van der Waals surface area contributed by atoms with Gasteiger partial charge < -0.3 is 23.8 Å². The Morgan fingerprint density at radius 2 is 1.95 bits per heavy atom. The summed E-state index contributed by atoms with van der Waals surface area (Å²) in [6.07, 6.45) is -0.642. The molecule has 7 aromatic rings. The first kappa shape index (κ1) is 36.2. The van der Waals surface area contributed by atoms with Crippen molar-refractivity contribution in [3.63, 3.8) is 0 Å². The Hall–Kier alpha value is -6.50. The first-order chi connectivity index (χ1) is 27.6. The molecule has 1 fully saturated rings. The summed E-state index contributed by atoms with van der Waals surface area (Å²) in [5.74, 6) is 1.54. The van der Waals surface area contributed by atoms with Gasteiger partial charge in [0.05, 0.1) is 53.1 Å². The number of nitriles is 1. The summed E-state index contributed by atoms with van der Waals surface area (Å²) in [4.78, 5) is 25.3. The van der Waals surface area contributed by atoms with Gasteiger partial charge in [-0.1, -0.05) is 18.2 Å². The summed E-state index contributed by atoms with van der Waals surface area (Å²) < 4.78 is 60.4. The number of hydrogen-bond acceptors (Lipinski definition) is 9. The van der Waals surface area contributed by atoms with E-state index in [1.54, 1.807) is 18.2 Å². The van der Waals surface area contributed by atoms with Crippen LogP contribution >= 0.6 is 0 Å². The fraction of sp³-hybridized carbons (Fsp3) is 0.262. The maximum absolute atomic E-state index is 13.5. The van der Waals surface area contributed by atoms with Crippen LogP contribution in [0.15, 0.2) is 83.3 Å². The first-order valence-electron chi connectivity index (χ1n) is 18.5. The van der Waals surface area contributed by atoms with Crippen molar-refractivity contribution in [3.8, 4) is 11.9 Å². The SMILES string of the molecule is Cc1cc2c(C#N)ccc(COc3cccc(C4=CCN(Cc5nc6cc(NC(=O)c7ccc8n[nH]c(C(F)(F)F)c8c7)ccc6n5C[C@@H]5CCO5)CC4)n3)c2o1. The number of alkyl halides is 3. The Balaban J connectivity index is 0.891. The zero-order valence-electron chi connectivity index (χ0n) is 30.7. The maximum atomic E-state index is 13.5. The van der Waals surface area contributed by atoms with E-state index in [-0.39, 0.29) is 29.2 Å². The highest BCUT2D eigenvalue weighted by molar-refractivity contribution is 6.07. The molecule has 6 heterocycles. The van der Waals surface area contributed by atoms with Crippen molar-refractivity contribution in [2.45, 2.75) is 51.7 Å². The number of pyridine rings is 1. The molecule has 2 aliphatic rings. The highest BCUT2D eigenvalue weighted by Crippen LogP contribution is 2.34. The molecule has 3 aromatic carbocycles. The van der Waals surface area contributed by atoms with Crippen LogP contribution < -0.4 is 10.1 Å². The van der Waals surface area contributed by atoms with Crippen molar-refractivity contribution in [1.82, 2.24) is 29.6 Å². The number of amides is 1. The molecular formula is C42H35F3N8O4. The van der Waals surface area contributed by atoms with Gasteiger partial charge in [0.15, 0.2) is 0 Å². The van der Waals surface area contributed by atoms with Gasteiger partial charge in [0.2, 0.25) is 5.88 Å². The number of ether oxygens (including phenoxy) is 2. The second kappa shape index (κ2) is 14.5. The van der Waals surface area contributed by atoms with Crippen molar-refractivity contribution < 1.29 is 31.9 Å². The molecule has 288 valence electrons. The third-order valence-electron chi connectivity index (χ3n) is 10.5. The second-order valence-electron chi connectivity index (χ2n) is 14.3. The fourth-order valence-electron chi connectivity index (χ4n) is 7.41. The molecule has 12 nitrogen and oxygen atoms in total. The van der Waals surface area contributed by atoms with Gasteiger partial charge in [-0.05, 0) is 79.9 Å². The third-order valence-corrected chi connectivity index (χ3v) is 10.5. The topological polar surface area (TPSA) is 147 Å². The summed E-state index contributed by atoms with van der Waals surface area (Å²) in [5, 5.41) is 18.6. The number of rotatable bonds is 10. The molecule has 15 heteroatoms. The Kier molecular flexibility index (Phi) is 9.22. The van der Waals surface area contributed by atoms with Crippen molar-refractivity contribution in [2.75, 3.05) is 25.0 Å². The van der Waals surface area contributed by atoms with E-state index in [1.165, 1.54) is 18.2 Å². The molecule has 0 aliphatic carbocycles. The van der Waals surface area contributed by atoms with Gasteiger partial charge in [0.1, 0.15) is 29.5 Å². The molecule has 57 heavy (non-hydrogen) atoms. The number of halogens is 3. The van der Waals surface area contributed by atoms with E-state index in [9.17, 15) is 23.2 Å². The van der Waals surface area contributed by atoms with Gasteiger partial charge in [-0.15, -0.1) is 0 Å². The number of furan rings is 1. The van der Waals surface area contributed by atoms with E-state index in [2.05, 4.69) is 32.0 Å². The molecule has 1 atom stereocenters. The number of carbonyl (C=O) groups excluding carboxylic acids is 1. The minimum atomic E-state index is -4.63. The van der Waals surface area contributed by atoms with Gasteiger partial charge in [0, 0.05) is 53.3 Å². The summed E-state index contributed by atoms with van der Waals surface area (Å²) in [6.45, 7) is 5.51. The molecule has 9 rings (SSSR count). The number of H-pyrrole nitrogens is 1. The molecule has 0 spiro atoms. The molecule has 4 aromatic heterocycles. The van der Waals surface area contributed by atoms with Crippen LogP contribution in [0.2, 0.25) is 0 Å². The molecule has 2 aliphatic heterocycles. The number of nitrogens with one attached hydrogen (secondary N) is 2. The monoisotopic (exact) mass is 772 g/mol. The Morgan fingerprint density at radius 3 is 2.72 bits per heavy atom. The number of hydrogen-bond donors (Lipinski definition) is 2. The second-order valence-corrected chi connectivity index (χ2v) is 14.3. The molecule has 0 unspecified atom stereocenters. The van der Waals surface area contributed by atoms with Gasteiger partial charge in [-0.2, -0.15) is 23.5 Å². The predicted molar refractivity (Wildman–Crippen MR) is 205 cm³/mol. The molecular weight excluding hydrogens is 738 g/mol. The lowest BCUT2D eigenvalue weighted by Gasteiger charge is -2.29. The Bertz CT molecular complexity index is 2760. The zero-order valence-corrected chi connectivity index (χ0v) is 30.7. The number of anilines is 1. The van der Waals surface area contributed by atoms with Gasteiger partial charge in [-0.25, -0.2) is 9.97 Å². The van der Waals surface area contributed by atoms with Crippen LogP contribution in [-0.4, -0.2) is 61.3 Å². The number of nitrogens with zero attached hydrogens (tertiary/aromatic N) is 6. The summed E-state index contributed by atoms with van der Waals surface area (Å²) >= 11 is 0. The summed E-state index contributed by atoms with van der Waals surface area (Å²) in [7, 11) is 0. The molecule has 1 amide bonds. The molecule has 1 saturated heterocycles. The van der Waals surface area contributed by atoms with E-state index in [0.717, 1.165) is 65.3 Å². The van der Waals surface area contributed by atoms with E-state index in [4.69, 9.17) is 23.9 Å². The Morgan fingerprint density at radius 1 is 1.07 bits per heavy atom. The van der Waals surface area contributed by atoms with Crippen LogP contribution in [0.3, 0.4) is 0 Å². The molecule has 0 saturated carbocycles. The lowest BCUT2D eigenvalue weighted by Crippen LogP contribution is -2.33. The number of carbonyl (C=O) groups is 1. The van der Waals surface area contributed by atoms with Crippen LogP contribution in [0.4, 0.5) is 18.9 Å². The first-order valence-corrected chi connectivity index (χ1v) is 18.5. The number of benzene rings is 3. The van der Waals surface area contributed by atoms with Crippen LogP contribution in [0, 0.1) is 18.3 Å². The van der Waals surface area contributed by atoms with Crippen LogP contribution in [-0.2, 0) is 30.6 Å². The lowest BCUT2D eigenvalue weighted by molar-refractivity contribution is -0.139. The summed E-state index contributed by atoms with van der Waals surface area (Å²) in [6, 6.07) is 22.9. The largest absolute Gasteiger partial charge is 0.473 e. The van der Waals surface area contributed by atoms with Crippen LogP contribution in [0.25, 0.3) is 38.5 Å². The van der Waals surface area contributed by atoms with Crippen molar-refractivity contribution in [2.24, 2.45) is 0 Å². The summed E-state index contributed by atoms with van der Waals surface area (Å²) in [5.41, 5.74) is 5.25. The number of aromatic nitrogens is 5. The van der Waals surface area contributed by atoms with Crippen LogP contribution in [0.1, 0.15) is 57.3 Å². The minimum Gasteiger partial charge on any atom is -0.473 e. The number of aryl methyl sites for hydroxylation is 1. The Labute approximate surface area is 323 Å². The quantitative estimate of drug-likeness (QED) is 0.141.